The van der Waals surface area contributed by atoms with Crippen LogP contribution in [0.1, 0.15) is 12.0 Å². The van der Waals surface area contributed by atoms with Gasteiger partial charge in [0, 0.05) is 6.42 Å². The molecule has 2 rings (SSSR count). The van der Waals surface area contributed by atoms with Crippen LogP contribution in [0, 0.1) is 0 Å². The summed E-state index contributed by atoms with van der Waals surface area (Å²) in [5.41, 5.74) is 3.55. The molecule has 0 heterocycles. The van der Waals surface area contributed by atoms with Gasteiger partial charge in [-0.2, -0.15) is 0 Å². The van der Waals surface area contributed by atoms with E-state index in [1.165, 1.54) is 18.2 Å². The number of rotatable bonds is 4. The molecule has 0 aliphatic carbocycles. The van der Waals surface area contributed by atoms with E-state index in [4.69, 9.17) is 0 Å². The molecular weight excluding hydrogens is 224 g/mol. The molecule has 2 aromatic carbocycles. The van der Waals surface area contributed by atoms with Gasteiger partial charge in [0.05, 0.1) is 7.11 Å². The Hall–Kier alpha value is -2.09. The molecule has 0 spiro atoms. The third kappa shape index (κ3) is 3.20. The third-order valence-electron chi connectivity index (χ3n) is 2.91. The van der Waals surface area contributed by atoms with E-state index in [2.05, 4.69) is 41.1 Å². The molecule has 0 aromatic heterocycles. The second-order valence-electron chi connectivity index (χ2n) is 4.14. The van der Waals surface area contributed by atoms with Crippen molar-refractivity contribution >= 4 is 5.97 Å². The number of benzene rings is 2. The zero-order valence-electron chi connectivity index (χ0n) is 10.4. The van der Waals surface area contributed by atoms with Gasteiger partial charge in [-0.05, 0) is 23.1 Å². The first kappa shape index (κ1) is 12.4. The molecule has 0 N–H and O–H groups in total. The number of aryl methyl sites for hydroxylation is 1. The van der Waals surface area contributed by atoms with Gasteiger partial charge in [-0.1, -0.05) is 54.6 Å². The van der Waals surface area contributed by atoms with E-state index in [0.717, 1.165) is 12.0 Å². The topological polar surface area (TPSA) is 26.3 Å². The van der Waals surface area contributed by atoms with Crippen molar-refractivity contribution in [2.24, 2.45) is 0 Å². The average Bonchev–Trinajstić information content (AvgIpc) is 2.46. The molecule has 0 aliphatic rings. The van der Waals surface area contributed by atoms with Crippen LogP contribution in [-0.2, 0) is 16.0 Å². The predicted molar refractivity (Wildman–Crippen MR) is 72.2 cm³/mol. The lowest BCUT2D eigenvalue weighted by atomic mass is 10.0. The lowest BCUT2D eigenvalue weighted by Gasteiger charge is -2.04. The smallest absolute Gasteiger partial charge is 0.305 e. The molecule has 18 heavy (non-hydrogen) atoms. The summed E-state index contributed by atoms with van der Waals surface area (Å²) in [6.45, 7) is 0. The summed E-state index contributed by atoms with van der Waals surface area (Å²) in [5, 5.41) is 0. The number of carbonyl (C=O) groups excluding carboxylic acids is 1. The maximum absolute atomic E-state index is 11.1. The Morgan fingerprint density at radius 1 is 0.944 bits per heavy atom. The normalized spacial score (nSPS) is 10.1. The fraction of sp³-hybridized carbons (Fsp3) is 0.188. The number of esters is 1. The van der Waals surface area contributed by atoms with E-state index in [-0.39, 0.29) is 5.97 Å². The molecule has 0 saturated heterocycles. The molecule has 2 nitrogen and oxygen atoms in total. The summed E-state index contributed by atoms with van der Waals surface area (Å²) in [7, 11) is 1.42. The SMILES string of the molecule is COC(=O)CCc1ccc(-c2ccccc2)cc1. The molecule has 92 valence electrons. The highest BCUT2D eigenvalue weighted by molar-refractivity contribution is 5.69. The van der Waals surface area contributed by atoms with E-state index in [1.807, 2.05) is 18.2 Å². The second-order valence-corrected chi connectivity index (χ2v) is 4.14. The standard InChI is InChI=1S/C16H16O2/c1-18-16(17)12-9-13-7-10-15(11-8-13)14-5-3-2-4-6-14/h2-8,10-11H,9,12H2,1H3. The largest absolute Gasteiger partial charge is 0.469 e. The van der Waals surface area contributed by atoms with Crippen LogP contribution in [0.25, 0.3) is 11.1 Å². The van der Waals surface area contributed by atoms with Gasteiger partial charge < -0.3 is 4.74 Å². The molecule has 0 amide bonds. The molecule has 0 fully saturated rings. The van der Waals surface area contributed by atoms with Gasteiger partial charge in [0.2, 0.25) is 0 Å². The minimum absolute atomic E-state index is 0.165. The molecule has 0 atom stereocenters. The molecule has 2 heteroatoms. The van der Waals surface area contributed by atoms with Crippen LogP contribution in [0.3, 0.4) is 0 Å². The van der Waals surface area contributed by atoms with E-state index < -0.39 is 0 Å². The fourth-order valence-electron chi connectivity index (χ4n) is 1.84. The lowest BCUT2D eigenvalue weighted by molar-refractivity contribution is -0.140. The average molecular weight is 240 g/mol. The maximum Gasteiger partial charge on any atom is 0.305 e. The Bertz CT molecular complexity index is 500. The maximum atomic E-state index is 11.1. The minimum atomic E-state index is -0.165. The van der Waals surface area contributed by atoms with Crippen molar-refractivity contribution in [2.45, 2.75) is 12.8 Å². The summed E-state index contributed by atoms with van der Waals surface area (Å²) < 4.78 is 4.63. The van der Waals surface area contributed by atoms with Gasteiger partial charge >= 0.3 is 5.97 Å². The monoisotopic (exact) mass is 240 g/mol. The van der Waals surface area contributed by atoms with Crippen LogP contribution in [-0.4, -0.2) is 13.1 Å². The van der Waals surface area contributed by atoms with E-state index in [1.54, 1.807) is 0 Å². The first-order valence-corrected chi connectivity index (χ1v) is 6.01. The predicted octanol–water partition coefficient (Wildman–Crippen LogP) is 3.46. The number of hydrogen-bond acceptors (Lipinski definition) is 2. The molecular formula is C16H16O2. The highest BCUT2D eigenvalue weighted by Gasteiger charge is 2.02. The van der Waals surface area contributed by atoms with E-state index in [0.29, 0.717) is 6.42 Å². The quantitative estimate of drug-likeness (QED) is 0.765. The fourth-order valence-corrected chi connectivity index (χ4v) is 1.84. The van der Waals surface area contributed by atoms with Crippen LogP contribution in [0.2, 0.25) is 0 Å². The number of methoxy groups -OCH3 is 1. The first-order chi connectivity index (χ1) is 8.79. The van der Waals surface area contributed by atoms with Crippen LogP contribution in [0.15, 0.2) is 54.6 Å². The Kier molecular flexibility index (Phi) is 4.13. The van der Waals surface area contributed by atoms with Crippen molar-refractivity contribution < 1.29 is 9.53 Å². The van der Waals surface area contributed by atoms with Gasteiger partial charge in [-0.25, -0.2) is 0 Å². The third-order valence-corrected chi connectivity index (χ3v) is 2.91. The van der Waals surface area contributed by atoms with Gasteiger partial charge in [0.1, 0.15) is 0 Å². The van der Waals surface area contributed by atoms with Gasteiger partial charge in [-0.3, -0.25) is 4.79 Å². The highest BCUT2D eigenvalue weighted by Crippen LogP contribution is 2.19. The molecule has 0 bridgehead atoms. The van der Waals surface area contributed by atoms with Crippen LogP contribution < -0.4 is 0 Å². The number of carbonyl (C=O) groups is 1. The molecule has 2 aromatic rings. The second kappa shape index (κ2) is 6.01. The van der Waals surface area contributed by atoms with Crippen molar-refractivity contribution in [3.05, 3.63) is 60.2 Å². The van der Waals surface area contributed by atoms with Crippen LogP contribution in [0.4, 0.5) is 0 Å². The number of ether oxygens (including phenoxy) is 1. The van der Waals surface area contributed by atoms with Crippen molar-refractivity contribution in [1.29, 1.82) is 0 Å². The lowest BCUT2D eigenvalue weighted by Crippen LogP contribution is -2.01. The Labute approximate surface area is 107 Å². The van der Waals surface area contributed by atoms with Crippen molar-refractivity contribution in [2.75, 3.05) is 7.11 Å². The summed E-state index contributed by atoms with van der Waals surface area (Å²) in [5.74, 6) is -0.165. The summed E-state index contributed by atoms with van der Waals surface area (Å²) >= 11 is 0. The molecule has 0 unspecified atom stereocenters. The Morgan fingerprint density at radius 2 is 1.56 bits per heavy atom. The zero-order chi connectivity index (χ0) is 12.8. The van der Waals surface area contributed by atoms with Gasteiger partial charge in [0.25, 0.3) is 0 Å². The summed E-state index contributed by atoms with van der Waals surface area (Å²) in [6.07, 6.45) is 1.16. The number of hydrogen-bond donors (Lipinski definition) is 0. The van der Waals surface area contributed by atoms with E-state index in [9.17, 15) is 4.79 Å². The van der Waals surface area contributed by atoms with Crippen molar-refractivity contribution in [3.8, 4) is 11.1 Å². The van der Waals surface area contributed by atoms with Crippen LogP contribution in [0.5, 0.6) is 0 Å². The molecule has 0 saturated carbocycles. The Morgan fingerprint density at radius 3 is 2.17 bits per heavy atom. The first-order valence-electron chi connectivity index (χ1n) is 6.01. The van der Waals surface area contributed by atoms with Gasteiger partial charge in [0.15, 0.2) is 0 Å². The minimum Gasteiger partial charge on any atom is -0.469 e. The highest BCUT2D eigenvalue weighted by atomic mass is 16.5. The van der Waals surface area contributed by atoms with Crippen molar-refractivity contribution in [1.82, 2.24) is 0 Å². The Balaban J connectivity index is 2.04. The zero-order valence-corrected chi connectivity index (χ0v) is 10.4. The molecule has 0 radical (unpaired) electrons. The summed E-state index contributed by atoms with van der Waals surface area (Å²) in [6, 6.07) is 18.5. The van der Waals surface area contributed by atoms with E-state index >= 15 is 0 Å². The summed E-state index contributed by atoms with van der Waals surface area (Å²) in [4.78, 5) is 11.1. The van der Waals surface area contributed by atoms with Crippen LogP contribution >= 0.6 is 0 Å². The van der Waals surface area contributed by atoms with Gasteiger partial charge in [-0.15, -0.1) is 0 Å². The van der Waals surface area contributed by atoms with Crippen molar-refractivity contribution in [3.63, 3.8) is 0 Å². The molecule has 0 aliphatic heterocycles.